The zero-order chi connectivity index (χ0) is 12.2. The highest BCUT2D eigenvalue weighted by molar-refractivity contribution is 7.78. The number of alkyl halides is 3. The van der Waals surface area contributed by atoms with Gasteiger partial charge < -0.3 is 0 Å². The van der Waals surface area contributed by atoms with Crippen molar-refractivity contribution in [3.8, 4) is 0 Å². The highest BCUT2D eigenvalue weighted by Crippen LogP contribution is 2.29. The molecular weight excluding hydrogens is 239 g/mol. The van der Waals surface area contributed by atoms with E-state index in [1.807, 2.05) is 5.16 Å². The summed E-state index contributed by atoms with van der Waals surface area (Å²) in [5.41, 5.74) is -0.297. The number of nitrogens with zero attached hydrogens (tertiary/aromatic N) is 1. The van der Waals surface area contributed by atoms with E-state index in [4.69, 9.17) is 0 Å². The van der Waals surface area contributed by atoms with Gasteiger partial charge in [0.05, 0.1) is 17.1 Å². The first-order valence-electron chi connectivity index (χ1n) is 4.20. The van der Waals surface area contributed by atoms with E-state index in [2.05, 4.69) is 17.2 Å². The Hall–Kier alpha value is -1.52. The maximum Gasteiger partial charge on any atom is 0.416 e. The van der Waals surface area contributed by atoms with Gasteiger partial charge in [-0.25, -0.2) is 0 Å². The molecule has 0 fully saturated rings. The number of isothiocyanates is 1. The smallest absolute Gasteiger partial charge is 0.271 e. The number of carbonyl (C=O) groups excluding carboxylic acids is 1. The maximum atomic E-state index is 12.2. The van der Waals surface area contributed by atoms with Gasteiger partial charge in [-0.1, -0.05) is 12.1 Å². The van der Waals surface area contributed by atoms with Crippen LogP contribution in [0.5, 0.6) is 0 Å². The second kappa shape index (κ2) is 5.01. The third-order valence-corrected chi connectivity index (χ3v) is 1.90. The van der Waals surface area contributed by atoms with Gasteiger partial charge in [0.2, 0.25) is 0 Å². The van der Waals surface area contributed by atoms with E-state index in [9.17, 15) is 18.0 Å². The molecule has 0 aliphatic heterocycles. The SMILES string of the molecule is O=C(Cc1ccc(C(F)(F)F)cc1)N=C=S. The van der Waals surface area contributed by atoms with Crippen LogP contribution in [0.25, 0.3) is 0 Å². The quantitative estimate of drug-likeness (QED) is 0.592. The summed E-state index contributed by atoms with van der Waals surface area (Å²) in [6, 6.07) is 4.31. The van der Waals surface area contributed by atoms with Gasteiger partial charge in [0.15, 0.2) is 0 Å². The van der Waals surface area contributed by atoms with Gasteiger partial charge in [-0.05, 0) is 29.9 Å². The Morgan fingerprint density at radius 2 is 1.88 bits per heavy atom. The largest absolute Gasteiger partial charge is 0.416 e. The number of rotatable bonds is 2. The second-order valence-electron chi connectivity index (χ2n) is 2.97. The Labute approximate surface area is 94.8 Å². The average Bonchev–Trinajstić information content (AvgIpc) is 2.17. The fourth-order valence-corrected chi connectivity index (χ4v) is 1.18. The molecule has 0 bridgehead atoms. The van der Waals surface area contributed by atoms with Crippen LogP contribution in [0.15, 0.2) is 29.3 Å². The lowest BCUT2D eigenvalue weighted by molar-refractivity contribution is -0.137. The number of benzene rings is 1. The summed E-state index contributed by atoms with van der Waals surface area (Å²) >= 11 is 4.23. The summed E-state index contributed by atoms with van der Waals surface area (Å²) in [6.45, 7) is 0. The van der Waals surface area contributed by atoms with Crippen molar-refractivity contribution in [2.75, 3.05) is 0 Å². The molecule has 0 spiro atoms. The summed E-state index contributed by atoms with van der Waals surface area (Å²) in [4.78, 5) is 14.2. The molecule has 1 amide bonds. The van der Waals surface area contributed by atoms with Crippen LogP contribution >= 0.6 is 12.2 Å². The van der Waals surface area contributed by atoms with Crippen molar-refractivity contribution in [2.24, 2.45) is 4.99 Å². The van der Waals surface area contributed by atoms with Gasteiger partial charge in [0.1, 0.15) is 0 Å². The topological polar surface area (TPSA) is 29.4 Å². The van der Waals surface area contributed by atoms with E-state index in [1.165, 1.54) is 12.1 Å². The lowest BCUT2D eigenvalue weighted by Gasteiger charge is -2.06. The van der Waals surface area contributed by atoms with Crippen LogP contribution < -0.4 is 0 Å². The minimum absolute atomic E-state index is 0.0816. The van der Waals surface area contributed by atoms with Crippen LogP contribution in [0.3, 0.4) is 0 Å². The molecule has 16 heavy (non-hydrogen) atoms. The normalized spacial score (nSPS) is 10.7. The molecular formula is C10H6F3NOS. The van der Waals surface area contributed by atoms with Crippen LogP contribution in [0, 0.1) is 0 Å². The predicted octanol–water partition coefficient (Wildman–Crippen LogP) is 2.88. The Morgan fingerprint density at radius 1 is 1.31 bits per heavy atom. The van der Waals surface area contributed by atoms with Crippen molar-refractivity contribution in [1.82, 2.24) is 0 Å². The fraction of sp³-hybridized carbons (Fsp3) is 0.200. The molecule has 2 nitrogen and oxygen atoms in total. The molecule has 6 heteroatoms. The average molecular weight is 245 g/mol. The third-order valence-electron chi connectivity index (χ3n) is 1.81. The van der Waals surface area contributed by atoms with Crippen LogP contribution in [0.4, 0.5) is 13.2 Å². The van der Waals surface area contributed by atoms with E-state index in [-0.39, 0.29) is 6.42 Å². The first-order chi connectivity index (χ1) is 7.43. The summed E-state index contributed by atoms with van der Waals surface area (Å²) in [7, 11) is 0. The standard InChI is InChI=1S/C10H6F3NOS/c11-10(12,13)8-3-1-7(2-4-8)5-9(15)14-6-16/h1-4H,5H2. The molecule has 0 aliphatic rings. The third kappa shape index (κ3) is 3.56. The molecule has 0 aromatic heterocycles. The Bertz CT molecular complexity index is 432. The fourth-order valence-electron chi connectivity index (χ4n) is 1.08. The van der Waals surface area contributed by atoms with Crippen molar-refractivity contribution in [3.63, 3.8) is 0 Å². The highest BCUT2D eigenvalue weighted by atomic mass is 32.1. The molecule has 0 aliphatic carbocycles. The van der Waals surface area contributed by atoms with Crippen LogP contribution in [-0.2, 0) is 17.4 Å². The minimum atomic E-state index is -4.37. The number of thiocarbonyl (C=S) groups is 1. The molecule has 0 saturated carbocycles. The van der Waals surface area contributed by atoms with Gasteiger partial charge in [0, 0.05) is 0 Å². The number of halogens is 3. The molecule has 1 rings (SSSR count). The van der Waals surface area contributed by atoms with E-state index in [1.54, 1.807) is 0 Å². The van der Waals surface area contributed by atoms with Crippen LogP contribution in [-0.4, -0.2) is 11.1 Å². The maximum absolute atomic E-state index is 12.2. The van der Waals surface area contributed by atoms with Crippen molar-refractivity contribution in [2.45, 2.75) is 12.6 Å². The number of hydrogen-bond donors (Lipinski definition) is 0. The van der Waals surface area contributed by atoms with E-state index in [0.717, 1.165) is 12.1 Å². The summed E-state index contributed by atoms with van der Waals surface area (Å²) in [5.74, 6) is -0.533. The second-order valence-corrected chi connectivity index (χ2v) is 3.15. The van der Waals surface area contributed by atoms with Crippen molar-refractivity contribution >= 4 is 23.3 Å². The predicted molar refractivity (Wildman–Crippen MR) is 55.2 cm³/mol. The number of aliphatic imine (C=N–C) groups is 1. The van der Waals surface area contributed by atoms with Gasteiger partial charge >= 0.3 is 6.18 Å². The lowest BCUT2D eigenvalue weighted by Crippen LogP contribution is -2.05. The zero-order valence-corrected chi connectivity index (χ0v) is 8.73. The molecule has 0 unspecified atom stereocenters. The van der Waals surface area contributed by atoms with Gasteiger partial charge in [-0.2, -0.15) is 18.2 Å². The van der Waals surface area contributed by atoms with Gasteiger partial charge in [-0.3, -0.25) is 4.79 Å². The summed E-state index contributed by atoms with van der Waals surface area (Å²) in [5, 5.41) is 1.90. The summed E-state index contributed by atoms with van der Waals surface area (Å²) in [6.07, 6.45) is -4.45. The first kappa shape index (κ1) is 12.5. The number of hydrogen-bond acceptors (Lipinski definition) is 2. The molecule has 0 radical (unpaired) electrons. The van der Waals surface area contributed by atoms with Crippen molar-refractivity contribution in [3.05, 3.63) is 35.4 Å². The van der Waals surface area contributed by atoms with Crippen LogP contribution in [0.1, 0.15) is 11.1 Å². The molecule has 0 heterocycles. The highest BCUT2D eigenvalue weighted by Gasteiger charge is 2.29. The molecule has 0 N–H and O–H groups in total. The Kier molecular flexibility index (Phi) is 3.93. The van der Waals surface area contributed by atoms with Crippen LogP contribution in [0.2, 0.25) is 0 Å². The Morgan fingerprint density at radius 3 is 2.31 bits per heavy atom. The Balaban J connectivity index is 2.80. The van der Waals surface area contributed by atoms with E-state index >= 15 is 0 Å². The van der Waals surface area contributed by atoms with E-state index < -0.39 is 17.6 Å². The molecule has 1 aromatic carbocycles. The van der Waals surface area contributed by atoms with E-state index in [0.29, 0.717) is 5.56 Å². The van der Waals surface area contributed by atoms with Crippen molar-refractivity contribution in [1.29, 1.82) is 0 Å². The number of amides is 1. The number of carbonyl (C=O) groups is 1. The molecule has 1 aromatic rings. The zero-order valence-electron chi connectivity index (χ0n) is 7.91. The molecule has 0 atom stereocenters. The monoisotopic (exact) mass is 245 g/mol. The van der Waals surface area contributed by atoms with Gasteiger partial charge in [0.25, 0.3) is 5.91 Å². The van der Waals surface area contributed by atoms with Gasteiger partial charge in [-0.15, -0.1) is 0 Å². The lowest BCUT2D eigenvalue weighted by atomic mass is 10.1. The molecule has 0 saturated heterocycles. The first-order valence-corrected chi connectivity index (χ1v) is 4.61. The molecule has 84 valence electrons. The van der Waals surface area contributed by atoms with Crippen molar-refractivity contribution < 1.29 is 18.0 Å². The summed E-state index contributed by atoms with van der Waals surface area (Å²) < 4.78 is 36.6. The minimum Gasteiger partial charge on any atom is -0.271 e.